The van der Waals surface area contributed by atoms with Crippen LogP contribution in [0.4, 0.5) is 0 Å². The number of guanidine groups is 1. The Kier molecular flexibility index (Phi) is 11.0. The largest absolute Gasteiger partial charge is 0.480 e. The van der Waals surface area contributed by atoms with E-state index in [1.165, 1.54) is 17.4 Å². The lowest BCUT2D eigenvalue weighted by Crippen LogP contribution is -2.57. The average molecular weight is 556 g/mol. The van der Waals surface area contributed by atoms with Gasteiger partial charge in [-0.2, -0.15) is 0 Å². The van der Waals surface area contributed by atoms with Gasteiger partial charge in [0.1, 0.15) is 18.1 Å². The summed E-state index contributed by atoms with van der Waals surface area (Å²) in [4.78, 5) is 63.6. The molecule has 4 atom stereocenters. The topological polar surface area (TPSA) is 235 Å². The van der Waals surface area contributed by atoms with Crippen LogP contribution in [-0.4, -0.2) is 86.9 Å². The first-order valence-corrected chi connectivity index (χ1v) is 13.1. The highest BCUT2D eigenvalue weighted by Crippen LogP contribution is 2.20. The van der Waals surface area contributed by atoms with Gasteiger partial charge in [-0.1, -0.05) is 30.3 Å². The molecule has 1 aliphatic rings. The number of carbonyl (C=O) groups excluding carboxylic acids is 3. The molecule has 2 aromatic rings. The number of nitrogens with zero attached hydrogens (tertiary/aromatic N) is 3. The van der Waals surface area contributed by atoms with Crippen molar-refractivity contribution in [3.63, 3.8) is 0 Å². The zero-order valence-electron chi connectivity index (χ0n) is 22.2. The number of aromatic amines is 1. The van der Waals surface area contributed by atoms with E-state index in [0.29, 0.717) is 37.9 Å². The normalized spacial score (nSPS) is 16.9. The summed E-state index contributed by atoms with van der Waals surface area (Å²) in [6, 6.07) is 5.39. The lowest BCUT2D eigenvalue weighted by molar-refractivity contribution is -0.143. The third kappa shape index (κ3) is 8.80. The van der Waals surface area contributed by atoms with Crippen LogP contribution >= 0.6 is 0 Å². The zero-order valence-corrected chi connectivity index (χ0v) is 22.2. The van der Waals surface area contributed by atoms with Gasteiger partial charge in [0.05, 0.1) is 12.4 Å². The fourth-order valence-electron chi connectivity index (χ4n) is 4.60. The van der Waals surface area contributed by atoms with Gasteiger partial charge in [0.25, 0.3) is 0 Å². The Hall–Kier alpha value is -4.46. The number of likely N-dealkylation sites (tertiary alicyclic amines) is 1. The molecule has 40 heavy (non-hydrogen) atoms. The number of rotatable bonds is 14. The molecule has 216 valence electrons. The third-order valence-electron chi connectivity index (χ3n) is 6.63. The SMILES string of the molecule is NC(N)=NCCCC(NC(=O)C(Cc1cnc[nH]1)NC(=O)C1CCCN1C(=O)C(N)Cc1ccccc1)C(=O)O. The number of carbonyl (C=O) groups is 4. The van der Waals surface area contributed by atoms with Gasteiger partial charge in [0.2, 0.25) is 17.7 Å². The maximum atomic E-state index is 13.4. The highest BCUT2D eigenvalue weighted by Gasteiger charge is 2.38. The molecule has 1 aliphatic heterocycles. The quantitative estimate of drug-likeness (QED) is 0.0825. The Labute approximate surface area is 231 Å². The standard InChI is InChI=1S/C26H37N9O5/c27-18(12-16-6-2-1-3-7-16)24(38)35-11-5-9-21(35)23(37)34-20(13-17-14-30-15-32-17)22(36)33-19(25(39)40)8-4-10-31-26(28)29/h1-3,6-7,14-15,18-21H,4-5,8-13,27H2,(H,30,32)(H,33,36)(H,34,37)(H,39,40)(H4,28,29,31). The molecule has 1 aromatic heterocycles. The summed E-state index contributed by atoms with van der Waals surface area (Å²) in [6.07, 6.45) is 4.71. The van der Waals surface area contributed by atoms with Gasteiger partial charge in [-0.15, -0.1) is 0 Å². The molecular weight excluding hydrogens is 518 g/mol. The molecule has 0 saturated carbocycles. The first-order valence-electron chi connectivity index (χ1n) is 13.1. The van der Waals surface area contributed by atoms with Gasteiger partial charge in [0.15, 0.2) is 5.96 Å². The molecule has 4 unspecified atom stereocenters. The van der Waals surface area contributed by atoms with Crippen molar-refractivity contribution >= 4 is 29.7 Å². The Morgan fingerprint density at radius 3 is 2.52 bits per heavy atom. The maximum absolute atomic E-state index is 13.4. The fourth-order valence-corrected chi connectivity index (χ4v) is 4.60. The molecule has 10 N–H and O–H groups in total. The van der Waals surface area contributed by atoms with Crippen LogP contribution in [0.1, 0.15) is 36.9 Å². The van der Waals surface area contributed by atoms with Crippen molar-refractivity contribution in [1.82, 2.24) is 25.5 Å². The summed E-state index contributed by atoms with van der Waals surface area (Å²) in [5, 5.41) is 14.8. The van der Waals surface area contributed by atoms with Gasteiger partial charge >= 0.3 is 5.97 Å². The Balaban J connectivity index is 1.67. The molecule has 2 heterocycles. The number of carboxylic acid groups (broad SMARTS) is 1. The summed E-state index contributed by atoms with van der Waals surface area (Å²) in [5.41, 5.74) is 18.3. The minimum Gasteiger partial charge on any atom is -0.480 e. The predicted molar refractivity (Wildman–Crippen MR) is 147 cm³/mol. The summed E-state index contributed by atoms with van der Waals surface area (Å²) in [7, 11) is 0. The second-order valence-corrected chi connectivity index (χ2v) is 9.68. The van der Waals surface area contributed by atoms with Crippen LogP contribution in [0.2, 0.25) is 0 Å². The van der Waals surface area contributed by atoms with Gasteiger partial charge in [-0.25, -0.2) is 9.78 Å². The van der Waals surface area contributed by atoms with E-state index in [0.717, 1.165) is 5.56 Å². The maximum Gasteiger partial charge on any atom is 0.326 e. The molecule has 3 rings (SSSR count). The van der Waals surface area contributed by atoms with Gasteiger partial charge in [0, 0.05) is 31.4 Å². The van der Waals surface area contributed by atoms with E-state index in [4.69, 9.17) is 17.2 Å². The van der Waals surface area contributed by atoms with Crippen molar-refractivity contribution in [3.05, 3.63) is 54.1 Å². The number of imidazole rings is 1. The van der Waals surface area contributed by atoms with Crippen molar-refractivity contribution in [2.75, 3.05) is 13.1 Å². The van der Waals surface area contributed by atoms with Crippen LogP contribution in [0.15, 0.2) is 47.8 Å². The molecular formula is C26H37N9O5. The van der Waals surface area contributed by atoms with E-state index in [1.54, 1.807) is 0 Å². The number of carboxylic acids is 1. The van der Waals surface area contributed by atoms with Crippen LogP contribution < -0.4 is 27.8 Å². The second-order valence-electron chi connectivity index (χ2n) is 9.68. The molecule has 1 fully saturated rings. The van der Waals surface area contributed by atoms with Crippen LogP contribution in [-0.2, 0) is 32.0 Å². The van der Waals surface area contributed by atoms with Gasteiger partial charge < -0.3 is 42.8 Å². The molecule has 14 heteroatoms. The molecule has 0 spiro atoms. The van der Waals surface area contributed by atoms with E-state index in [-0.39, 0.29) is 31.3 Å². The van der Waals surface area contributed by atoms with Crippen molar-refractivity contribution in [1.29, 1.82) is 0 Å². The smallest absolute Gasteiger partial charge is 0.326 e. The predicted octanol–water partition coefficient (Wildman–Crippen LogP) is -1.38. The zero-order chi connectivity index (χ0) is 29.1. The molecule has 0 aliphatic carbocycles. The van der Waals surface area contributed by atoms with E-state index in [9.17, 15) is 24.3 Å². The number of aliphatic carboxylic acids is 1. The summed E-state index contributed by atoms with van der Waals surface area (Å²) in [6.45, 7) is 0.571. The lowest BCUT2D eigenvalue weighted by atomic mass is 10.0. The van der Waals surface area contributed by atoms with Gasteiger partial charge in [-0.3, -0.25) is 19.4 Å². The van der Waals surface area contributed by atoms with Crippen molar-refractivity contribution in [2.24, 2.45) is 22.2 Å². The number of H-pyrrole nitrogens is 1. The number of amides is 3. The minimum atomic E-state index is -1.23. The molecule has 1 aromatic carbocycles. The summed E-state index contributed by atoms with van der Waals surface area (Å²) >= 11 is 0. The molecule has 3 amide bonds. The Morgan fingerprint density at radius 2 is 1.88 bits per heavy atom. The fraction of sp³-hybridized carbons (Fsp3) is 0.462. The summed E-state index contributed by atoms with van der Waals surface area (Å²) in [5.74, 6) is -2.89. The van der Waals surface area contributed by atoms with E-state index in [1.807, 2.05) is 30.3 Å². The number of hydrogen-bond acceptors (Lipinski definition) is 7. The minimum absolute atomic E-state index is 0.0338. The first-order chi connectivity index (χ1) is 19.2. The number of nitrogens with two attached hydrogens (primary N) is 3. The number of benzene rings is 1. The van der Waals surface area contributed by atoms with Crippen LogP contribution in [0.25, 0.3) is 0 Å². The van der Waals surface area contributed by atoms with E-state index < -0.39 is 42.0 Å². The van der Waals surface area contributed by atoms with Crippen LogP contribution in [0.5, 0.6) is 0 Å². The van der Waals surface area contributed by atoms with Crippen LogP contribution in [0.3, 0.4) is 0 Å². The highest BCUT2D eigenvalue weighted by molar-refractivity contribution is 5.94. The third-order valence-corrected chi connectivity index (χ3v) is 6.63. The van der Waals surface area contributed by atoms with Crippen LogP contribution in [0, 0.1) is 0 Å². The summed E-state index contributed by atoms with van der Waals surface area (Å²) < 4.78 is 0. The highest BCUT2D eigenvalue weighted by atomic mass is 16.4. The lowest BCUT2D eigenvalue weighted by Gasteiger charge is -2.28. The Bertz CT molecular complexity index is 1170. The van der Waals surface area contributed by atoms with Crippen molar-refractivity contribution in [2.45, 2.75) is 62.7 Å². The molecule has 0 bridgehead atoms. The number of nitrogens with one attached hydrogen (secondary N) is 3. The monoisotopic (exact) mass is 555 g/mol. The number of aromatic nitrogens is 2. The number of aliphatic imine (C=N–C) groups is 1. The number of hydrogen-bond donors (Lipinski definition) is 7. The average Bonchev–Trinajstić information content (AvgIpc) is 3.62. The second kappa shape index (κ2) is 14.6. The molecule has 1 saturated heterocycles. The molecule has 14 nitrogen and oxygen atoms in total. The van der Waals surface area contributed by atoms with E-state index >= 15 is 0 Å². The van der Waals surface area contributed by atoms with Crippen molar-refractivity contribution in [3.8, 4) is 0 Å². The Morgan fingerprint density at radius 1 is 1.12 bits per heavy atom. The van der Waals surface area contributed by atoms with E-state index in [2.05, 4.69) is 25.6 Å². The first kappa shape index (κ1) is 30.1. The van der Waals surface area contributed by atoms with Crippen molar-refractivity contribution < 1.29 is 24.3 Å². The molecule has 0 radical (unpaired) electrons. The van der Waals surface area contributed by atoms with Gasteiger partial charge in [-0.05, 0) is 37.7 Å².